The van der Waals surface area contributed by atoms with Crippen LogP contribution in [0.5, 0.6) is 0 Å². The topological polar surface area (TPSA) is 84.9 Å². The summed E-state index contributed by atoms with van der Waals surface area (Å²) in [5, 5.41) is 1.03. The monoisotopic (exact) mass is 437 g/mol. The molecule has 0 aromatic heterocycles. The molecule has 2 aromatic carbocycles. The second kappa shape index (κ2) is 12.3. The summed E-state index contributed by atoms with van der Waals surface area (Å²) in [6, 6.07) is 12.1. The minimum atomic E-state index is -0.869. The minimum absolute atomic E-state index is 0.105. The van der Waals surface area contributed by atoms with E-state index >= 15 is 0 Å². The third kappa shape index (κ3) is 7.24. The standard InChI is InChI=1S/C21H24FNO8/c1-25-9-10-26-11-12-27-13-14-28-20(24)17-3-2-4-19(15-17)23-29-21(30-31-23)16-5-7-18(22)8-6-16/h2-8,15,21H,9-14H2,1H3. The van der Waals surface area contributed by atoms with Crippen molar-refractivity contribution in [3.8, 4) is 0 Å². The van der Waals surface area contributed by atoms with Crippen LogP contribution in [0.15, 0.2) is 48.5 Å². The first kappa shape index (κ1) is 23.1. The molecule has 1 unspecified atom stereocenters. The van der Waals surface area contributed by atoms with E-state index in [2.05, 4.69) is 0 Å². The number of carbonyl (C=O) groups is 1. The van der Waals surface area contributed by atoms with E-state index in [1.165, 1.54) is 30.3 Å². The molecule has 168 valence electrons. The van der Waals surface area contributed by atoms with Gasteiger partial charge in [0.25, 0.3) is 0 Å². The number of carbonyl (C=O) groups excluding carboxylic acids is 1. The number of halogens is 1. The van der Waals surface area contributed by atoms with Gasteiger partial charge in [0.2, 0.25) is 6.29 Å². The Morgan fingerprint density at radius 1 is 1.00 bits per heavy atom. The van der Waals surface area contributed by atoms with Crippen LogP contribution in [0.25, 0.3) is 0 Å². The summed E-state index contributed by atoms with van der Waals surface area (Å²) in [6.45, 7) is 2.23. The van der Waals surface area contributed by atoms with Crippen molar-refractivity contribution in [2.24, 2.45) is 0 Å². The number of methoxy groups -OCH3 is 1. The fraction of sp³-hybridized carbons (Fsp3) is 0.381. The summed E-state index contributed by atoms with van der Waals surface area (Å²) < 4.78 is 33.7. The zero-order chi connectivity index (χ0) is 21.9. The van der Waals surface area contributed by atoms with Gasteiger partial charge in [-0.25, -0.2) is 14.0 Å². The van der Waals surface area contributed by atoms with Crippen LogP contribution in [-0.4, -0.2) is 52.7 Å². The van der Waals surface area contributed by atoms with Gasteiger partial charge in [-0.2, -0.15) is 4.89 Å². The van der Waals surface area contributed by atoms with Crippen LogP contribution < -0.4 is 5.23 Å². The van der Waals surface area contributed by atoms with Crippen LogP contribution in [0.3, 0.4) is 0 Å². The van der Waals surface area contributed by atoms with E-state index in [1.54, 1.807) is 25.3 Å². The van der Waals surface area contributed by atoms with Crippen LogP contribution in [-0.2, 0) is 33.7 Å². The molecular weight excluding hydrogens is 413 g/mol. The smallest absolute Gasteiger partial charge is 0.338 e. The normalized spacial score (nSPS) is 15.9. The van der Waals surface area contributed by atoms with Crippen molar-refractivity contribution in [2.45, 2.75) is 6.29 Å². The number of hydrogen-bond acceptors (Lipinski definition) is 9. The zero-order valence-electron chi connectivity index (χ0n) is 17.0. The van der Waals surface area contributed by atoms with Crippen molar-refractivity contribution in [1.82, 2.24) is 0 Å². The average molecular weight is 437 g/mol. The number of esters is 1. The Bertz CT molecular complexity index is 819. The van der Waals surface area contributed by atoms with Gasteiger partial charge in [-0.1, -0.05) is 28.4 Å². The van der Waals surface area contributed by atoms with Gasteiger partial charge in [0.15, 0.2) is 0 Å². The molecule has 0 bridgehead atoms. The highest BCUT2D eigenvalue weighted by molar-refractivity contribution is 5.90. The van der Waals surface area contributed by atoms with E-state index < -0.39 is 12.3 Å². The number of nitrogens with zero attached hydrogens (tertiary/aromatic N) is 1. The van der Waals surface area contributed by atoms with E-state index in [0.29, 0.717) is 43.2 Å². The Hall–Kier alpha value is -2.60. The Labute approximate surface area is 178 Å². The lowest BCUT2D eigenvalue weighted by Crippen LogP contribution is -2.17. The van der Waals surface area contributed by atoms with Gasteiger partial charge in [0, 0.05) is 12.7 Å². The van der Waals surface area contributed by atoms with Crippen LogP contribution in [0.1, 0.15) is 22.2 Å². The second-order valence-electron chi connectivity index (χ2n) is 6.32. The first-order valence-electron chi connectivity index (χ1n) is 9.65. The fourth-order valence-electron chi connectivity index (χ4n) is 2.53. The van der Waals surface area contributed by atoms with E-state index in [0.717, 1.165) is 5.23 Å². The highest BCUT2D eigenvalue weighted by Crippen LogP contribution is 2.31. The Morgan fingerprint density at radius 2 is 1.71 bits per heavy atom. The van der Waals surface area contributed by atoms with Crippen molar-refractivity contribution < 1.29 is 42.8 Å². The zero-order valence-corrected chi connectivity index (χ0v) is 17.0. The van der Waals surface area contributed by atoms with Gasteiger partial charge in [-0.05, 0) is 30.3 Å². The van der Waals surface area contributed by atoms with E-state index in [4.69, 9.17) is 33.7 Å². The first-order chi connectivity index (χ1) is 15.2. The van der Waals surface area contributed by atoms with Crippen molar-refractivity contribution in [2.75, 3.05) is 52.0 Å². The number of hydrogen-bond donors (Lipinski definition) is 0. The maximum absolute atomic E-state index is 13.1. The van der Waals surface area contributed by atoms with E-state index in [1.807, 2.05) is 0 Å². The molecule has 1 aliphatic rings. The van der Waals surface area contributed by atoms with E-state index in [9.17, 15) is 9.18 Å². The molecule has 9 nitrogen and oxygen atoms in total. The third-order valence-corrected chi connectivity index (χ3v) is 4.09. The lowest BCUT2D eigenvalue weighted by atomic mass is 10.2. The molecule has 1 atom stereocenters. The molecule has 31 heavy (non-hydrogen) atoms. The number of anilines is 1. The lowest BCUT2D eigenvalue weighted by molar-refractivity contribution is -0.286. The van der Waals surface area contributed by atoms with Crippen molar-refractivity contribution in [3.63, 3.8) is 0 Å². The van der Waals surface area contributed by atoms with Gasteiger partial charge >= 0.3 is 5.97 Å². The molecule has 1 aliphatic heterocycles. The summed E-state index contributed by atoms with van der Waals surface area (Å²) in [4.78, 5) is 28.0. The molecule has 0 aliphatic carbocycles. The largest absolute Gasteiger partial charge is 0.460 e. The summed E-state index contributed by atoms with van der Waals surface area (Å²) in [6.07, 6.45) is -0.869. The number of benzene rings is 2. The summed E-state index contributed by atoms with van der Waals surface area (Å²) >= 11 is 0. The lowest BCUT2D eigenvalue weighted by Gasteiger charge is -2.13. The van der Waals surface area contributed by atoms with Crippen molar-refractivity contribution in [3.05, 3.63) is 65.5 Å². The molecular formula is C21H24FNO8. The highest BCUT2D eigenvalue weighted by Gasteiger charge is 2.29. The van der Waals surface area contributed by atoms with Crippen molar-refractivity contribution >= 4 is 11.7 Å². The molecule has 0 saturated carbocycles. The Kier molecular flexibility index (Phi) is 9.16. The molecule has 10 heteroatoms. The predicted molar refractivity (Wildman–Crippen MR) is 105 cm³/mol. The average Bonchev–Trinajstić information content (AvgIpc) is 3.29. The van der Waals surface area contributed by atoms with E-state index in [-0.39, 0.29) is 19.0 Å². The SMILES string of the molecule is COCCOCCOCCOC(=O)c1cccc(N2OOC(c3ccc(F)cc3)O2)c1. The van der Waals surface area contributed by atoms with Gasteiger partial charge in [-0.3, -0.25) is 0 Å². The molecule has 1 fully saturated rings. The Morgan fingerprint density at radius 3 is 2.45 bits per heavy atom. The van der Waals surface area contributed by atoms with Crippen LogP contribution >= 0.6 is 0 Å². The van der Waals surface area contributed by atoms with Gasteiger partial charge < -0.3 is 18.9 Å². The molecule has 1 heterocycles. The van der Waals surface area contributed by atoms with Gasteiger partial charge in [0.1, 0.15) is 12.4 Å². The quantitative estimate of drug-likeness (QED) is 0.283. The third-order valence-electron chi connectivity index (χ3n) is 4.09. The molecule has 0 radical (unpaired) electrons. The minimum Gasteiger partial charge on any atom is -0.460 e. The van der Waals surface area contributed by atoms with Crippen molar-refractivity contribution in [1.29, 1.82) is 0 Å². The number of ether oxygens (including phenoxy) is 4. The highest BCUT2D eigenvalue weighted by atomic mass is 19.1. The van der Waals surface area contributed by atoms with Crippen LogP contribution in [0.4, 0.5) is 10.1 Å². The summed E-state index contributed by atoms with van der Waals surface area (Å²) in [5.74, 6) is -0.886. The predicted octanol–water partition coefficient (Wildman–Crippen LogP) is 2.98. The summed E-state index contributed by atoms with van der Waals surface area (Å²) in [7, 11) is 1.60. The molecule has 3 rings (SSSR count). The maximum Gasteiger partial charge on any atom is 0.338 e. The second-order valence-corrected chi connectivity index (χ2v) is 6.32. The fourth-order valence-corrected chi connectivity index (χ4v) is 2.53. The van der Waals surface area contributed by atoms with Gasteiger partial charge in [0.05, 0.1) is 44.3 Å². The Balaban J connectivity index is 1.41. The van der Waals surface area contributed by atoms with Gasteiger partial charge in [-0.15, -0.1) is 0 Å². The summed E-state index contributed by atoms with van der Waals surface area (Å²) in [5.41, 5.74) is 1.30. The van der Waals surface area contributed by atoms with Crippen LogP contribution in [0.2, 0.25) is 0 Å². The molecule has 0 N–H and O–H groups in total. The molecule has 0 amide bonds. The molecule has 1 saturated heterocycles. The number of rotatable bonds is 12. The maximum atomic E-state index is 13.1. The molecule has 2 aromatic rings. The molecule has 0 spiro atoms. The van der Waals surface area contributed by atoms with Crippen LogP contribution in [0, 0.1) is 5.82 Å². The first-order valence-corrected chi connectivity index (χ1v) is 9.65.